The number of aliphatic hydroxyl groups excluding tert-OH is 4. The molecule has 10 heteroatoms. The topological polar surface area (TPSA) is 170 Å². The van der Waals surface area contributed by atoms with Gasteiger partial charge in [-0.2, -0.15) is 0 Å². The molecule has 0 amide bonds. The fourth-order valence-corrected chi connectivity index (χ4v) is 3.39. The van der Waals surface area contributed by atoms with Gasteiger partial charge in [0.1, 0.15) is 36.4 Å². The minimum absolute atomic E-state index is 0.0431. The van der Waals surface area contributed by atoms with Crippen molar-refractivity contribution in [1.82, 2.24) is 0 Å². The fraction of sp³-hybridized carbons (Fsp3) is 0.286. The van der Waals surface area contributed by atoms with Crippen LogP contribution in [0, 0.1) is 0 Å². The van der Waals surface area contributed by atoms with Crippen LogP contribution in [0.4, 0.5) is 0 Å². The predicted molar refractivity (Wildman–Crippen MR) is 106 cm³/mol. The highest BCUT2D eigenvalue weighted by atomic mass is 16.7. The molecule has 1 aromatic heterocycles. The summed E-state index contributed by atoms with van der Waals surface area (Å²) in [5, 5.41) is 59.1. The first-order valence-electron chi connectivity index (χ1n) is 9.36. The van der Waals surface area contributed by atoms with E-state index in [2.05, 4.69) is 0 Å². The molecule has 0 saturated carbocycles. The van der Waals surface area contributed by atoms with E-state index in [4.69, 9.17) is 13.9 Å². The Balaban J connectivity index is 1.68. The molecule has 0 aliphatic carbocycles. The maximum Gasteiger partial charge on any atom is 0.229 e. The molecule has 1 aliphatic heterocycles. The first-order chi connectivity index (χ1) is 14.8. The fourth-order valence-electron chi connectivity index (χ4n) is 3.39. The molecule has 1 aliphatic rings. The Labute approximate surface area is 174 Å². The predicted octanol–water partition coefficient (Wildman–Crippen LogP) is 0.0499. The summed E-state index contributed by atoms with van der Waals surface area (Å²) in [6.45, 7) is -0.635. The van der Waals surface area contributed by atoms with Gasteiger partial charge in [0.15, 0.2) is 11.3 Å². The molecule has 6 N–H and O–H groups in total. The maximum absolute atomic E-state index is 12.9. The highest BCUT2D eigenvalue weighted by Crippen LogP contribution is 2.36. The molecular formula is C21H20O10. The van der Waals surface area contributed by atoms with Crippen LogP contribution in [0.1, 0.15) is 0 Å². The monoisotopic (exact) mass is 432 g/mol. The van der Waals surface area contributed by atoms with Crippen LogP contribution >= 0.6 is 0 Å². The number of rotatable bonds is 4. The van der Waals surface area contributed by atoms with Crippen molar-refractivity contribution in [2.45, 2.75) is 30.7 Å². The smallest absolute Gasteiger partial charge is 0.229 e. The lowest BCUT2D eigenvalue weighted by molar-refractivity contribution is -0.277. The molecule has 164 valence electrons. The minimum atomic E-state index is -1.67. The molecule has 0 spiro atoms. The van der Waals surface area contributed by atoms with Crippen molar-refractivity contribution in [3.63, 3.8) is 0 Å². The molecular weight excluding hydrogens is 412 g/mol. The molecule has 0 bridgehead atoms. The Kier molecular flexibility index (Phi) is 5.56. The summed E-state index contributed by atoms with van der Waals surface area (Å²) in [7, 11) is 0. The van der Waals surface area contributed by atoms with Gasteiger partial charge in [-0.25, -0.2) is 0 Å². The third-order valence-electron chi connectivity index (χ3n) is 5.15. The minimum Gasteiger partial charge on any atom is -0.508 e. The van der Waals surface area contributed by atoms with Crippen LogP contribution in [0.3, 0.4) is 0 Å². The Morgan fingerprint density at radius 3 is 2.32 bits per heavy atom. The van der Waals surface area contributed by atoms with Crippen LogP contribution in [0.2, 0.25) is 0 Å². The number of hydrogen-bond acceptors (Lipinski definition) is 10. The van der Waals surface area contributed by atoms with E-state index in [1.807, 2.05) is 0 Å². The van der Waals surface area contributed by atoms with E-state index in [1.54, 1.807) is 12.1 Å². The molecule has 1 saturated heterocycles. The SMILES string of the molecule is O=c1c(-c2ccc(O)cc2)coc2c(O)c(O[C@@H]3O[C@H](CO)[C@@H](O)[C@@H](O)[C@H]3O)ccc12. The molecule has 4 rings (SSSR count). The zero-order valence-corrected chi connectivity index (χ0v) is 16.0. The van der Waals surface area contributed by atoms with E-state index in [9.17, 15) is 35.4 Å². The van der Waals surface area contributed by atoms with E-state index in [0.29, 0.717) is 5.56 Å². The number of phenols is 2. The van der Waals surface area contributed by atoms with Crippen LogP contribution in [0.25, 0.3) is 22.1 Å². The maximum atomic E-state index is 12.9. The van der Waals surface area contributed by atoms with Crippen molar-refractivity contribution in [2.75, 3.05) is 6.61 Å². The molecule has 0 unspecified atom stereocenters. The molecule has 31 heavy (non-hydrogen) atoms. The Bertz CT molecular complexity index is 1140. The number of aliphatic hydroxyl groups is 4. The summed E-state index contributed by atoms with van der Waals surface area (Å²) in [6.07, 6.45) is -6.41. The first kappa shape index (κ1) is 21.1. The van der Waals surface area contributed by atoms with Crippen molar-refractivity contribution in [1.29, 1.82) is 0 Å². The summed E-state index contributed by atoms with van der Waals surface area (Å²) in [5.74, 6) is -0.706. The lowest BCUT2D eigenvalue weighted by atomic mass is 9.99. The van der Waals surface area contributed by atoms with Gasteiger partial charge in [0.25, 0.3) is 0 Å². The zero-order chi connectivity index (χ0) is 22.3. The summed E-state index contributed by atoms with van der Waals surface area (Å²) < 4.78 is 16.1. The molecule has 5 atom stereocenters. The van der Waals surface area contributed by atoms with Gasteiger partial charge >= 0.3 is 0 Å². The number of fused-ring (bicyclic) bond motifs is 1. The van der Waals surface area contributed by atoms with Gasteiger partial charge in [-0.15, -0.1) is 0 Å². The average molecular weight is 432 g/mol. The van der Waals surface area contributed by atoms with Crippen LogP contribution in [0.5, 0.6) is 17.2 Å². The van der Waals surface area contributed by atoms with Gasteiger partial charge in [0.2, 0.25) is 17.5 Å². The van der Waals surface area contributed by atoms with E-state index < -0.39 is 48.5 Å². The van der Waals surface area contributed by atoms with Crippen LogP contribution in [0.15, 0.2) is 51.9 Å². The van der Waals surface area contributed by atoms with E-state index >= 15 is 0 Å². The second-order valence-corrected chi connectivity index (χ2v) is 7.13. The van der Waals surface area contributed by atoms with E-state index in [0.717, 1.165) is 6.26 Å². The van der Waals surface area contributed by atoms with Gasteiger partial charge in [-0.3, -0.25) is 4.79 Å². The van der Waals surface area contributed by atoms with Crippen molar-refractivity contribution in [3.05, 3.63) is 52.9 Å². The molecule has 2 heterocycles. The quantitative estimate of drug-likeness (QED) is 0.331. The third-order valence-corrected chi connectivity index (χ3v) is 5.15. The van der Waals surface area contributed by atoms with Crippen molar-refractivity contribution < 1.29 is 44.5 Å². The van der Waals surface area contributed by atoms with E-state index in [-0.39, 0.29) is 28.0 Å². The number of aromatic hydroxyl groups is 2. The van der Waals surface area contributed by atoms with Crippen LogP contribution in [-0.2, 0) is 4.74 Å². The van der Waals surface area contributed by atoms with Crippen molar-refractivity contribution in [2.24, 2.45) is 0 Å². The zero-order valence-electron chi connectivity index (χ0n) is 16.0. The standard InChI is InChI=1S/C21H20O10/c22-7-14-16(25)18(27)19(28)21(31-14)30-13-6-5-11-15(24)12(8-29-20(11)17(13)26)9-1-3-10(23)4-2-9/h1-6,8,14,16,18-19,21-23,25-28H,7H2/t14-,16-,18-,19-,21-/m1/s1. The number of phenolic OH excluding ortho intramolecular Hbond substituents is 2. The first-order valence-corrected chi connectivity index (χ1v) is 9.36. The number of ether oxygens (including phenoxy) is 2. The molecule has 10 nitrogen and oxygen atoms in total. The van der Waals surface area contributed by atoms with Gasteiger partial charge < -0.3 is 44.5 Å². The number of benzene rings is 2. The van der Waals surface area contributed by atoms with Crippen molar-refractivity contribution in [3.8, 4) is 28.4 Å². The lowest BCUT2D eigenvalue weighted by Gasteiger charge is -2.39. The largest absolute Gasteiger partial charge is 0.508 e. The summed E-state index contributed by atoms with van der Waals surface area (Å²) in [4.78, 5) is 12.9. The van der Waals surface area contributed by atoms with Gasteiger partial charge in [0, 0.05) is 0 Å². The highest BCUT2D eigenvalue weighted by molar-refractivity contribution is 5.87. The summed E-state index contributed by atoms with van der Waals surface area (Å²) in [6, 6.07) is 8.55. The Morgan fingerprint density at radius 1 is 0.935 bits per heavy atom. The van der Waals surface area contributed by atoms with Crippen LogP contribution in [-0.4, -0.2) is 68.0 Å². The number of hydrogen-bond donors (Lipinski definition) is 6. The Hall–Kier alpha value is -3.15. The third kappa shape index (κ3) is 3.71. The van der Waals surface area contributed by atoms with Gasteiger partial charge in [-0.1, -0.05) is 12.1 Å². The lowest BCUT2D eigenvalue weighted by Crippen LogP contribution is -2.60. The summed E-state index contributed by atoms with van der Waals surface area (Å²) >= 11 is 0. The average Bonchev–Trinajstić information content (AvgIpc) is 2.77. The highest BCUT2D eigenvalue weighted by Gasteiger charge is 2.45. The summed E-state index contributed by atoms with van der Waals surface area (Å²) in [5.41, 5.74) is 0.125. The van der Waals surface area contributed by atoms with Gasteiger partial charge in [0.05, 0.1) is 17.6 Å². The molecule has 2 aromatic carbocycles. The van der Waals surface area contributed by atoms with Crippen LogP contribution < -0.4 is 10.2 Å². The molecule has 0 radical (unpaired) electrons. The Morgan fingerprint density at radius 2 is 1.65 bits per heavy atom. The van der Waals surface area contributed by atoms with Crippen molar-refractivity contribution >= 4 is 11.0 Å². The molecule has 1 fully saturated rings. The normalized spacial score (nSPS) is 26.1. The van der Waals surface area contributed by atoms with Gasteiger partial charge in [-0.05, 0) is 29.8 Å². The van der Waals surface area contributed by atoms with E-state index in [1.165, 1.54) is 24.3 Å². The second-order valence-electron chi connectivity index (χ2n) is 7.13. The molecule has 3 aromatic rings. The second kappa shape index (κ2) is 8.17.